The van der Waals surface area contributed by atoms with E-state index in [0.29, 0.717) is 0 Å². The fourth-order valence-electron chi connectivity index (χ4n) is 4.81. The minimum atomic E-state index is 0.816. The lowest BCUT2D eigenvalue weighted by Crippen LogP contribution is -2.11. The highest BCUT2D eigenvalue weighted by Gasteiger charge is 2.24. The summed E-state index contributed by atoms with van der Waals surface area (Å²) in [5, 5.41) is 4.93. The standard InChI is InChI=1S/C29H24N2O/c1-30(2)19-24-28-23-14-8-6-10-20(23)16-17-25(28)31(22-12-4-3-5-13-22)29(24)27-18-21-11-7-9-15-26(21)32-27/h3-18H,19H2,1-2H3. The van der Waals surface area contributed by atoms with Gasteiger partial charge in [-0.1, -0.05) is 66.7 Å². The molecule has 32 heavy (non-hydrogen) atoms. The van der Waals surface area contributed by atoms with E-state index in [1.807, 2.05) is 12.1 Å². The highest BCUT2D eigenvalue weighted by Crippen LogP contribution is 2.41. The Hall–Kier alpha value is -3.82. The molecular formula is C29H24N2O. The minimum Gasteiger partial charge on any atom is -0.454 e. The molecule has 2 heterocycles. The number of fused-ring (bicyclic) bond motifs is 4. The molecule has 0 aliphatic rings. The van der Waals surface area contributed by atoms with Gasteiger partial charge in [-0.25, -0.2) is 0 Å². The van der Waals surface area contributed by atoms with Gasteiger partial charge in [0.2, 0.25) is 0 Å². The molecule has 2 aromatic heterocycles. The van der Waals surface area contributed by atoms with Crippen molar-refractivity contribution in [2.24, 2.45) is 0 Å². The first-order valence-electron chi connectivity index (χ1n) is 10.9. The summed E-state index contributed by atoms with van der Waals surface area (Å²) in [6, 6.07) is 34.1. The van der Waals surface area contributed by atoms with Gasteiger partial charge in [-0.3, -0.25) is 0 Å². The monoisotopic (exact) mass is 416 g/mol. The largest absolute Gasteiger partial charge is 0.454 e. The molecule has 0 radical (unpaired) electrons. The molecule has 0 N–H and O–H groups in total. The zero-order valence-electron chi connectivity index (χ0n) is 18.2. The maximum Gasteiger partial charge on any atom is 0.152 e. The fraction of sp³-hybridized carbons (Fsp3) is 0.103. The van der Waals surface area contributed by atoms with Crippen LogP contribution in [0.4, 0.5) is 0 Å². The van der Waals surface area contributed by atoms with E-state index in [0.717, 1.165) is 34.7 Å². The van der Waals surface area contributed by atoms with Gasteiger partial charge in [0.25, 0.3) is 0 Å². The first-order chi connectivity index (χ1) is 15.7. The van der Waals surface area contributed by atoms with Crippen molar-refractivity contribution in [3.63, 3.8) is 0 Å². The van der Waals surface area contributed by atoms with E-state index in [1.165, 1.54) is 27.2 Å². The summed E-state index contributed by atoms with van der Waals surface area (Å²) < 4.78 is 8.80. The molecule has 0 unspecified atom stereocenters. The predicted octanol–water partition coefficient (Wildman–Crippen LogP) is 7.26. The second-order valence-corrected chi connectivity index (χ2v) is 8.57. The zero-order chi connectivity index (χ0) is 21.7. The number of nitrogens with zero attached hydrogens (tertiary/aromatic N) is 2. The second kappa shape index (κ2) is 7.40. The third-order valence-corrected chi connectivity index (χ3v) is 6.11. The van der Waals surface area contributed by atoms with Crippen LogP contribution >= 0.6 is 0 Å². The summed E-state index contributed by atoms with van der Waals surface area (Å²) in [6.45, 7) is 0.816. The Morgan fingerprint density at radius 1 is 0.750 bits per heavy atom. The predicted molar refractivity (Wildman–Crippen MR) is 133 cm³/mol. The number of benzene rings is 4. The molecule has 0 bridgehead atoms. The molecule has 0 saturated carbocycles. The molecular weight excluding hydrogens is 392 g/mol. The van der Waals surface area contributed by atoms with Gasteiger partial charge >= 0.3 is 0 Å². The topological polar surface area (TPSA) is 21.3 Å². The average molecular weight is 417 g/mol. The van der Waals surface area contributed by atoms with Crippen LogP contribution in [0.5, 0.6) is 0 Å². The van der Waals surface area contributed by atoms with E-state index in [-0.39, 0.29) is 0 Å². The van der Waals surface area contributed by atoms with Crippen LogP contribution in [0.1, 0.15) is 5.56 Å². The summed E-state index contributed by atoms with van der Waals surface area (Å²) in [5.41, 5.74) is 5.64. The van der Waals surface area contributed by atoms with E-state index < -0.39 is 0 Å². The normalized spacial score (nSPS) is 11.8. The number of para-hydroxylation sites is 2. The molecule has 3 nitrogen and oxygen atoms in total. The van der Waals surface area contributed by atoms with Crippen LogP contribution in [0.3, 0.4) is 0 Å². The van der Waals surface area contributed by atoms with Crippen LogP contribution in [0.25, 0.3) is 49.8 Å². The first kappa shape index (κ1) is 18.9. The molecule has 0 amide bonds. The van der Waals surface area contributed by atoms with Crippen molar-refractivity contribution in [3.8, 4) is 17.1 Å². The van der Waals surface area contributed by atoms with Crippen LogP contribution in [-0.2, 0) is 6.54 Å². The second-order valence-electron chi connectivity index (χ2n) is 8.57. The number of hydrogen-bond acceptors (Lipinski definition) is 2. The van der Waals surface area contributed by atoms with Crippen LogP contribution < -0.4 is 0 Å². The van der Waals surface area contributed by atoms with E-state index >= 15 is 0 Å². The SMILES string of the molecule is CN(C)Cc1c(-c2cc3ccccc3o2)n(-c2ccccc2)c2ccc3ccccc3c12. The molecule has 0 fully saturated rings. The van der Waals surface area contributed by atoms with Crippen LogP contribution in [-0.4, -0.2) is 23.6 Å². The third kappa shape index (κ3) is 2.94. The average Bonchev–Trinajstić information content (AvgIpc) is 3.38. The quantitative estimate of drug-likeness (QED) is 0.302. The summed E-state index contributed by atoms with van der Waals surface area (Å²) in [5.74, 6) is 0.896. The maximum atomic E-state index is 6.44. The highest BCUT2D eigenvalue weighted by molar-refractivity contribution is 6.11. The lowest BCUT2D eigenvalue weighted by Gasteiger charge is -2.13. The van der Waals surface area contributed by atoms with Crippen molar-refractivity contribution in [1.29, 1.82) is 0 Å². The maximum absolute atomic E-state index is 6.44. The Balaban J connectivity index is 1.81. The van der Waals surface area contributed by atoms with Gasteiger partial charge in [0.1, 0.15) is 5.58 Å². The van der Waals surface area contributed by atoms with Crippen LogP contribution in [0.2, 0.25) is 0 Å². The van der Waals surface area contributed by atoms with Crippen molar-refractivity contribution in [2.75, 3.05) is 14.1 Å². The Morgan fingerprint density at radius 2 is 1.47 bits per heavy atom. The van der Waals surface area contributed by atoms with E-state index in [9.17, 15) is 0 Å². The molecule has 6 rings (SSSR count). The van der Waals surface area contributed by atoms with Crippen molar-refractivity contribution >= 4 is 32.6 Å². The minimum absolute atomic E-state index is 0.816. The van der Waals surface area contributed by atoms with Crippen LogP contribution in [0.15, 0.2) is 101 Å². The van der Waals surface area contributed by atoms with Gasteiger partial charge in [0.15, 0.2) is 5.76 Å². The van der Waals surface area contributed by atoms with E-state index in [2.05, 4.69) is 108 Å². The molecule has 0 atom stereocenters. The zero-order valence-corrected chi connectivity index (χ0v) is 18.2. The number of rotatable bonds is 4. The molecule has 6 aromatic rings. The highest BCUT2D eigenvalue weighted by atomic mass is 16.3. The molecule has 0 spiro atoms. The Morgan fingerprint density at radius 3 is 2.25 bits per heavy atom. The van der Waals surface area contributed by atoms with Crippen molar-refractivity contribution < 1.29 is 4.42 Å². The van der Waals surface area contributed by atoms with Crippen molar-refractivity contribution in [3.05, 3.63) is 103 Å². The van der Waals surface area contributed by atoms with Gasteiger partial charge in [0.05, 0.1) is 11.2 Å². The summed E-state index contributed by atoms with van der Waals surface area (Å²) >= 11 is 0. The lowest BCUT2D eigenvalue weighted by atomic mass is 10.0. The van der Waals surface area contributed by atoms with Crippen molar-refractivity contribution in [1.82, 2.24) is 9.47 Å². The first-order valence-corrected chi connectivity index (χ1v) is 10.9. The molecule has 3 heteroatoms. The van der Waals surface area contributed by atoms with Crippen molar-refractivity contribution in [2.45, 2.75) is 6.54 Å². The van der Waals surface area contributed by atoms with Gasteiger partial charge in [-0.05, 0) is 55.2 Å². The summed E-state index contributed by atoms with van der Waals surface area (Å²) in [4.78, 5) is 2.23. The number of hydrogen-bond donors (Lipinski definition) is 0. The number of aromatic nitrogens is 1. The van der Waals surface area contributed by atoms with Gasteiger partial charge in [-0.2, -0.15) is 0 Å². The molecule has 0 aliphatic carbocycles. The molecule has 4 aromatic carbocycles. The molecule has 156 valence electrons. The summed E-state index contributed by atoms with van der Waals surface area (Å²) in [6.07, 6.45) is 0. The Labute approximate surface area is 187 Å². The van der Waals surface area contributed by atoms with E-state index in [1.54, 1.807) is 0 Å². The van der Waals surface area contributed by atoms with Gasteiger partial charge in [-0.15, -0.1) is 0 Å². The smallest absolute Gasteiger partial charge is 0.152 e. The van der Waals surface area contributed by atoms with Gasteiger partial charge < -0.3 is 13.9 Å². The Bertz CT molecular complexity index is 1540. The molecule has 0 saturated heterocycles. The summed E-state index contributed by atoms with van der Waals surface area (Å²) in [7, 11) is 4.25. The Kier molecular flexibility index (Phi) is 4.37. The molecule has 0 aliphatic heterocycles. The van der Waals surface area contributed by atoms with Gasteiger partial charge in [0, 0.05) is 28.6 Å². The lowest BCUT2D eigenvalue weighted by molar-refractivity contribution is 0.404. The number of furan rings is 1. The third-order valence-electron chi connectivity index (χ3n) is 6.11. The van der Waals surface area contributed by atoms with E-state index in [4.69, 9.17) is 4.42 Å². The van der Waals surface area contributed by atoms with Crippen LogP contribution in [0, 0.1) is 0 Å². The fourth-order valence-corrected chi connectivity index (χ4v) is 4.81.